The SMILES string of the molecule is CCCC(C)NC(=O)CSc1nnc(C(F)(F)F)n1N. The Kier molecular flexibility index (Phi) is 5.66. The molecule has 6 nitrogen and oxygen atoms in total. The molecular formula is C10H16F3N5OS. The first-order valence-corrected chi connectivity index (χ1v) is 6.94. The van der Waals surface area contributed by atoms with Gasteiger partial charge in [0.05, 0.1) is 5.75 Å². The number of nitrogens with one attached hydrogen (secondary N) is 1. The summed E-state index contributed by atoms with van der Waals surface area (Å²) in [5.41, 5.74) is 0. The van der Waals surface area contributed by atoms with E-state index in [1.807, 2.05) is 13.8 Å². The molecule has 1 aromatic heterocycles. The molecule has 3 N–H and O–H groups in total. The summed E-state index contributed by atoms with van der Waals surface area (Å²) in [5, 5.41) is 8.86. The van der Waals surface area contributed by atoms with Crippen LogP contribution in [0.1, 0.15) is 32.5 Å². The molecule has 1 amide bonds. The van der Waals surface area contributed by atoms with Crippen LogP contribution < -0.4 is 11.2 Å². The number of nitrogens with two attached hydrogens (primary N) is 1. The predicted molar refractivity (Wildman–Crippen MR) is 68.4 cm³/mol. The number of halogens is 3. The summed E-state index contributed by atoms with van der Waals surface area (Å²) in [4.78, 5) is 11.6. The third kappa shape index (κ3) is 4.58. The Bertz CT molecular complexity index is 462. The van der Waals surface area contributed by atoms with Gasteiger partial charge in [0.15, 0.2) is 0 Å². The largest absolute Gasteiger partial charge is 0.453 e. The quantitative estimate of drug-likeness (QED) is 0.613. The number of nitrogens with zero attached hydrogens (tertiary/aromatic N) is 3. The van der Waals surface area contributed by atoms with Crippen LogP contribution in [0.25, 0.3) is 0 Å². The van der Waals surface area contributed by atoms with E-state index in [9.17, 15) is 18.0 Å². The van der Waals surface area contributed by atoms with E-state index in [0.29, 0.717) is 4.68 Å². The normalized spacial score (nSPS) is 13.2. The van der Waals surface area contributed by atoms with Crippen molar-refractivity contribution in [3.63, 3.8) is 0 Å². The number of thioether (sulfide) groups is 1. The molecule has 10 heteroatoms. The highest BCUT2D eigenvalue weighted by atomic mass is 32.2. The van der Waals surface area contributed by atoms with Gasteiger partial charge in [0.2, 0.25) is 11.1 Å². The Morgan fingerprint density at radius 2 is 2.15 bits per heavy atom. The summed E-state index contributed by atoms with van der Waals surface area (Å²) in [6, 6.07) is 0.0228. The van der Waals surface area contributed by atoms with Crippen molar-refractivity contribution in [3.05, 3.63) is 5.82 Å². The Morgan fingerprint density at radius 1 is 1.50 bits per heavy atom. The molecule has 1 unspecified atom stereocenters. The lowest BCUT2D eigenvalue weighted by Crippen LogP contribution is -2.33. The smallest absolute Gasteiger partial charge is 0.353 e. The van der Waals surface area contributed by atoms with Crippen LogP contribution in [0.15, 0.2) is 5.16 Å². The molecule has 0 saturated carbocycles. The third-order valence-corrected chi connectivity index (χ3v) is 3.32. The zero-order valence-corrected chi connectivity index (χ0v) is 11.9. The Labute approximate surface area is 118 Å². The highest BCUT2D eigenvalue weighted by Gasteiger charge is 2.38. The number of carbonyl (C=O) groups excluding carboxylic acids is 1. The zero-order chi connectivity index (χ0) is 15.3. The fraction of sp³-hybridized carbons (Fsp3) is 0.700. The van der Waals surface area contributed by atoms with Crippen molar-refractivity contribution in [1.29, 1.82) is 0 Å². The van der Waals surface area contributed by atoms with E-state index in [0.717, 1.165) is 24.6 Å². The van der Waals surface area contributed by atoms with Crippen molar-refractivity contribution in [2.24, 2.45) is 0 Å². The lowest BCUT2D eigenvalue weighted by atomic mass is 10.2. The summed E-state index contributed by atoms with van der Waals surface area (Å²) in [6.07, 6.45) is -2.90. The number of hydrogen-bond acceptors (Lipinski definition) is 5. The van der Waals surface area contributed by atoms with Crippen LogP contribution in [0, 0.1) is 0 Å². The van der Waals surface area contributed by atoms with Gasteiger partial charge in [0.1, 0.15) is 0 Å². The molecule has 0 fully saturated rings. The lowest BCUT2D eigenvalue weighted by molar-refractivity contribution is -0.146. The van der Waals surface area contributed by atoms with Crippen LogP contribution in [-0.2, 0) is 11.0 Å². The maximum absolute atomic E-state index is 12.4. The Hall–Kier alpha value is -1.45. The molecule has 0 aliphatic carbocycles. The molecule has 1 aromatic rings. The van der Waals surface area contributed by atoms with Gasteiger partial charge in [-0.25, -0.2) is 4.68 Å². The number of hydrogen-bond donors (Lipinski definition) is 2. The number of aromatic nitrogens is 3. The topological polar surface area (TPSA) is 85.8 Å². The minimum Gasteiger partial charge on any atom is -0.353 e. The van der Waals surface area contributed by atoms with Crippen LogP contribution in [0.3, 0.4) is 0 Å². The van der Waals surface area contributed by atoms with E-state index in [4.69, 9.17) is 5.84 Å². The fourth-order valence-corrected chi connectivity index (χ4v) is 2.19. The molecule has 0 radical (unpaired) electrons. The van der Waals surface area contributed by atoms with E-state index in [1.54, 1.807) is 0 Å². The summed E-state index contributed by atoms with van der Waals surface area (Å²) in [6.45, 7) is 3.85. The minimum atomic E-state index is -4.67. The van der Waals surface area contributed by atoms with Gasteiger partial charge in [0, 0.05) is 6.04 Å². The average Bonchev–Trinajstić information content (AvgIpc) is 2.68. The van der Waals surface area contributed by atoms with Crippen LogP contribution in [0.5, 0.6) is 0 Å². The second-order valence-electron chi connectivity index (χ2n) is 4.22. The Balaban J connectivity index is 2.54. The van der Waals surface area contributed by atoms with Crippen LogP contribution in [0.2, 0.25) is 0 Å². The number of alkyl halides is 3. The summed E-state index contributed by atoms with van der Waals surface area (Å²) < 4.78 is 37.6. The van der Waals surface area contributed by atoms with E-state index in [2.05, 4.69) is 15.5 Å². The molecule has 0 aromatic carbocycles. The first-order valence-electron chi connectivity index (χ1n) is 5.95. The van der Waals surface area contributed by atoms with Gasteiger partial charge < -0.3 is 11.2 Å². The number of rotatable bonds is 6. The molecule has 0 spiro atoms. The summed E-state index contributed by atoms with van der Waals surface area (Å²) in [7, 11) is 0. The molecular weight excluding hydrogens is 295 g/mol. The maximum atomic E-state index is 12.4. The molecule has 0 aliphatic heterocycles. The molecule has 20 heavy (non-hydrogen) atoms. The highest BCUT2D eigenvalue weighted by Crippen LogP contribution is 2.28. The molecule has 1 rings (SSSR count). The maximum Gasteiger partial charge on any atom is 0.453 e. The van der Waals surface area contributed by atoms with Gasteiger partial charge in [-0.15, -0.1) is 10.2 Å². The van der Waals surface area contributed by atoms with Gasteiger partial charge in [0.25, 0.3) is 5.82 Å². The van der Waals surface area contributed by atoms with Crippen LogP contribution >= 0.6 is 11.8 Å². The minimum absolute atomic E-state index is 0.0228. The first-order chi connectivity index (χ1) is 9.25. The van der Waals surface area contributed by atoms with Gasteiger partial charge in [-0.1, -0.05) is 25.1 Å². The average molecular weight is 311 g/mol. The number of nitrogen functional groups attached to an aromatic ring is 1. The molecule has 0 aliphatic rings. The van der Waals surface area contributed by atoms with Crippen molar-refractivity contribution in [1.82, 2.24) is 20.2 Å². The van der Waals surface area contributed by atoms with Crippen LogP contribution in [-0.4, -0.2) is 32.6 Å². The van der Waals surface area contributed by atoms with E-state index < -0.39 is 12.0 Å². The molecule has 0 saturated heterocycles. The Morgan fingerprint density at radius 3 is 2.65 bits per heavy atom. The van der Waals surface area contributed by atoms with Crippen LogP contribution in [0.4, 0.5) is 13.2 Å². The van der Waals surface area contributed by atoms with Crippen molar-refractivity contribution in [2.45, 2.75) is 44.1 Å². The van der Waals surface area contributed by atoms with E-state index in [-0.39, 0.29) is 22.9 Å². The number of amides is 1. The lowest BCUT2D eigenvalue weighted by Gasteiger charge is -2.12. The van der Waals surface area contributed by atoms with Gasteiger partial charge in [-0.3, -0.25) is 4.79 Å². The van der Waals surface area contributed by atoms with E-state index in [1.165, 1.54) is 0 Å². The number of carbonyl (C=O) groups is 1. The summed E-state index contributed by atoms with van der Waals surface area (Å²) >= 11 is 0.804. The second kappa shape index (κ2) is 6.82. The third-order valence-electron chi connectivity index (χ3n) is 2.38. The molecule has 1 atom stereocenters. The van der Waals surface area contributed by atoms with E-state index >= 15 is 0 Å². The molecule has 1 heterocycles. The highest BCUT2D eigenvalue weighted by molar-refractivity contribution is 7.99. The fourth-order valence-electron chi connectivity index (χ4n) is 1.52. The van der Waals surface area contributed by atoms with Crippen molar-refractivity contribution < 1.29 is 18.0 Å². The van der Waals surface area contributed by atoms with Crippen molar-refractivity contribution in [2.75, 3.05) is 11.6 Å². The molecule has 0 bridgehead atoms. The standard InChI is InChI=1S/C10H16F3N5OS/c1-3-4-6(2)15-7(19)5-20-9-17-16-8(18(9)14)10(11,12)13/h6H,3-5,14H2,1-2H3,(H,15,19). The first kappa shape index (κ1) is 16.6. The zero-order valence-electron chi connectivity index (χ0n) is 11.1. The monoisotopic (exact) mass is 311 g/mol. The predicted octanol–water partition coefficient (Wildman–Crippen LogP) is 1.41. The summed E-state index contributed by atoms with van der Waals surface area (Å²) in [5.74, 6) is 3.60. The second-order valence-corrected chi connectivity index (χ2v) is 5.16. The van der Waals surface area contributed by atoms with Crippen molar-refractivity contribution in [3.8, 4) is 0 Å². The molecule has 114 valence electrons. The van der Waals surface area contributed by atoms with Crippen molar-refractivity contribution >= 4 is 17.7 Å². The van der Waals surface area contributed by atoms with Gasteiger partial charge >= 0.3 is 6.18 Å². The van der Waals surface area contributed by atoms with Gasteiger partial charge in [-0.05, 0) is 13.3 Å². The van der Waals surface area contributed by atoms with Gasteiger partial charge in [-0.2, -0.15) is 13.2 Å².